The summed E-state index contributed by atoms with van der Waals surface area (Å²) in [7, 11) is 0. The highest BCUT2D eigenvalue weighted by Gasteiger charge is 2.24. The standard InChI is InChI=1S/C56H97NO5/c1-4-7-10-13-16-19-22-24-26-28-30-33-36-39-42-45-48-54(59)53(51-58)57-55(60)50-52(47-44-41-38-35-32-21-18-15-12-9-6-3)62-56(61)49-46-43-40-37-34-31-29-27-25-23-20-17-14-11-8-5-2/h8-9,11-12,15,17-18,20-21,25,27,32,35,38,52-54,58-59H,4-7,10,13-14,16,19,22-24,26,28-31,33-34,36-37,39-51H2,1-3H3,(H,57,60)/b11-8+,12-9+,18-15+,20-17+,27-25+,32-21-,38-35-. The summed E-state index contributed by atoms with van der Waals surface area (Å²) < 4.78 is 5.88. The maximum Gasteiger partial charge on any atom is 0.306 e. The van der Waals surface area contributed by atoms with Crippen LogP contribution in [0.2, 0.25) is 0 Å². The molecule has 0 radical (unpaired) electrons. The predicted octanol–water partition coefficient (Wildman–Crippen LogP) is 15.6. The number of aliphatic hydroxyl groups excluding tert-OH is 2. The van der Waals surface area contributed by atoms with Crippen molar-refractivity contribution in [2.24, 2.45) is 0 Å². The van der Waals surface area contributed by atoms with Crippen LogP contribution in [0.1, 0.15) is 233 Å². The Balaban J connectivity index is 4.58. The smallest absolute Gasteiger partial charge is 0.306 e. The van der Waals surface area contributed by atoms with Crippen LogP contribution in [-0.2, 0) is 14.3 Å². The van der Waals surface area contributed by atoms with Crippen LogP contribution < -0.4 is 5.32 Å². The number of rotatable bonds is 45. The van der Waals surface area contributed by atoms with Crippen molar-refractivity contribution < 1.29 is 24.5 Å². The zero-order valence-electron chi connectivity index (χ0n) is 40.5. The first-order chi connectivity index (χ1) is 30.5. The van der Waals surface area contributed by atoms with Crippen LogP contribution >= 0.6 is 0 Å². The van der Waals surface area contributed by atoms with E-state index in [1.54, 1.807) is 0 Å². The summed E-state index contributed by atoms with van der Waals surface area (Å²) in [6.45, 7) is 6.21. The molecule has 1 amide bonds. The monoisotopic (exact) mass is 864 g/mol. The molecular formula is C56H97NO5. The third-order valence-electron chi connectivity index (χ3n) is 11.3. The quantitative estimate of drug-likeness (QED) is 0.0245. The third-order valence-corrected chi connectivity index (χ3v) is 11.3. The second-order valence-electron chi connectivity index (χ2n) is 17.3. The van der Waals surface area contributed by atoms with Gasteiger partial charge in [0, 0.05) is 6.42 Å². The van der Waals surface area contributed by atoms with E-state index in [1.165, 1.54) is 103 Å². The van der Waals surface area contributed by atoms with Gasteiger partial charge in [0.15, 0.2) is 0 Å². The first kappa shape index (κ1) is 59.0. The van der Waals surface area contributed by atoms with Crippen LogP contribution in [0.3, 0.4) is 0 Å². The number of hydrogen-bond donors (Lipinski definition) is 3. The fourth-order valence-electron chi connectivity index (χ4n) is 7.46. The van der Waals surface area contributed by atoms with Crippen LogP contribution in [0.4, 0.5) is 0 Å². The van der Waals surface area contributed by atoms with Gasteiger partial charge in [0.1, 0.15) is 6.10 Å². The Bertz CT molecular complexity index is 1200. The summed E-state index contributed by atoms with van der Waals surface area (Å²) in [6, 6.07) is -0.729. The van der Waals surface area contributed by atoms with Crippen molar-refractivity contribution in [3.05, 3.63) is 85.1 Å². The number of amides is 1. The summed E-state index contributed by atoms with van der Waals surface area (Å²) in [5.74, 6) is -0.561. The Labute approximate surface area is 383 Å². The second-order valence-corrected chi connectivity index (χ2v) is 17.3. The molecule has 3 unspecified atom stereocenters. The number of aliphatic hydroxyl groups is 2. The van der Waals surface area contributed by atoms with Gasteiger partial charge in [-0.3, -0.25) is 9.59 Å². The van der Waals surface area contributed by atoms with Crippen molar-refractivity contribution in [3.8, 4) is 0 Å². The van der Waals surface area contributed by atoms with Crippen molar-refractivity contribution >= 4 is 11.9 Å². The SMILES string of the molecule is CC/C=C/C=C/C=C\C=C/CCCC(CC(=O)NC(CO)C(O)CCCCCCCCCCCCCCCCCC)OC(=O)CCCCCCCC/C=C/C/C=C/C/C=C/CC. The molecular weight excluding hydrogens is 767 g/mol. The van der Waals surface area contributed by atoms with Gasteiger partial charge in [0.25, 0.3) is 0 Å². The topological polar surface area (TPSA) is 95.9 Å². The molecule has 0 rings (SSSR count). The van der Waals surface area contributed by atoms with Gasteiger partial charge in [0.05, 0.1) is 25.2 Å². The molecule has 6 nitrogen and oxygen atoms in total. The van der Waals surface area contributed by atoms with E-state index in [9.17, 15) is 19.8 Å². The minimum absolute atomic E-state index is 0.0226. The molecule has 6 heteroatoms. The number of unbranched alkanes of at least 4 members (excludes halogenated alkanes) is 22. The van der Waals surface area contributed by atoms with Crippen molar-refractivity contribution in [1.29, 1.82) is 0 Å². The molecule has 62 heavy (non-hydrogen) atoms. The fraction of sp³-hybridized carbons (Fsp3) is 0.714. The number of ether oxygens (including phenoxy) is 1. The Morgan fingerprint density at radius 1 is 0.500 bits per heavy atom. The first-order valence-electron chi connectivity index (χ1n) is 25.9. The molecule has 3 atom stereocenters. The Kier molecular flexibility index (Phi) is 46.7. The van der Waals surface area contributed by atoms with Crippen LogP contribution in [0, 0.1) is 0 Å². The number of carbonyl (C=O) groups excluding carboxylic acids is 2. The van der Waals surface area contributed by atoms with Crippen molar-refractivity contribution in [3.63, 3.8) is 0 Å². The summed E-state index contributed by atoms with van der Waals surface area (Å²) in [5, 5.41) is 23.8. The normalized spacial score (nSPS) is 14.0. The van der Waals surface area contributed by atoms with E-state index >= 15 is 0 Å². The molecule has 0 saturated heterocycles. The molecule has 0 bridgehead atoms. The molecule has 0 fully saturated rings. The second kappa shape index (κ2) is 49.1. The number of hydrogen-bond acceptors (Lipinski definition) is 5. The van der Waals surface area contributed by atoms with Crippen molar-refractivity contribution in [2.45, 2.75) is 251 Å². The summed E-state index contributed by atoms with van der Waals surface area (Å²) in [5.41, 5.74) is 0. The van der Waals surface area contributed by atoms with E-state index in [0.29, 0.717) is 19.3 Å². The molecule has 0 heterocycles. The lowest BCUT2D eigenvalue weighted by Crippen LogP contribution is -2.46. The van der Waals surface area contributed by atoms with Gasteiger partial charge in [-0.2, -0.15) is 0 Å². The molecule has 3 N–H and O–H groups in total. The number of carbonyl (C=O) groups is 2. The minimum Gasteiger partial charge on any atom is -0.462 e. The zero-order valence-corrected chi connectivity index (χ0v) is 40.5. The van der Waals surface area contributed by atoms with Crippen LogP contribution in [0.25, 0.3) is 0 Å². The van der Waals surface area contributed by atoms with E-state index in [4.69, 9.17) is 4.74 Å². The van der Waals surface area contributed by atoms with Gasteiger partial charge in [-0.1, -0.05) is 234 Å². The van der Waals surface area contributed by atoms with Crippen LogP contribution in [0.15, 0.2) is 85.1 Å². The Morgan fingerprint density at radius 3 is 1.53 bits per heavy atom. The van der Waals surface area contributed by atoms with Crippen LogP contribution in [0.5, 0.6) is 0 Å². The lowest BCUT2D eigenvalue weighted by Gasteiger charge is -2.24. The molecule has 0 aliphatic heterocycles. The minimum atomic E-state index is -0.811. The lowest BCUT2D eigenvalue weighted by molar-refractivity contribution is -0.151. The molecule has 0 aliphatic rings. The van der Waals surface area contributed by atoms with Gasteiger partial charge in [-0.05, 0) is 70.6 Å². The van der Waals surface area contributed by atoms with Gasteiger partial charge in [-0.15, -0.1) is 0 Å². The van der Waals surface area contributed by atoms with Crippen LogP contribution in [-0.4, -0.2) is 46.9 Å². The van der Waals surface area contributed by atoms with E-state index < -0.39 is 18.2 Å². The molecule has 356 valence electrons. The molecule has 0 aromatic heterocycles. The van der Waals surface area contributed by atoms with Gasteiger partial charge < -0.3 is 20.3 Å². The zero-order chi connectivity index (χ0) is 45.2. The van der Waals surface area contributed by atoms with Crippen molar-refractivity contribution in [1.82, 2.24) is 5.32 Å². The average Bonchev–Trinajstić information content (AvgIpc) is 3.26. The Morgan fingerprint density at radius 2 is 0.968 bits per heavy atom. The predicted molar refractivity (Wildman–Crippen MR) is 268 cm³/mol. The molecule has 0 spiro atoms. The fourth-order valence-corrected chi connectivity index (χ4v) is 7.46. The maximum absolute atomic E-state index is 13.2. The van der Waals surface area contributed by atoms with Crippen molar-refractivity contribution in [2.75, 3.05) is 6.61 Å². The first-order valence-corrected chi connectivity index (χ1v) is 25.9. The number of esters is 1. The highest BCUT2D eigenvalue weighted by Crippen LogP contribution is 2.17. The van der Waals surface area contributed by atoms with E-state index in [2.05, 4.69) is 74.7 Å². The molecule has 0 aromatic rings. The Hall–Kier alpha value is -2.96. The number of allylic oxidation sites excluding steroid dienone is 14. The highest BCUT2D eigenvalue weighted by molar-refractivity contribution is 5.77. The average molecular weight is 864 g/mol. The molecule has 0 saturated carbocycles. The molecule has 0 aliphatic carbocycles. The summed E-state index contributed by atoms with van der Waals surface area (Å²) in [6.07, 6.45) is 63.7. The number of nitrogens with one attached hydrogen (secondary N) is 1. The largest absolute Gasteiger partial charge is 0.462 e. The third kappa shape index (κ3) is 43.7. The summed E-state index contributed by atoms with van der Waals surface area (Å²) in [4.78, 5) is 26.1. The molecule has 0 aromatic carbocycles. The van der Waals surface area contributed by atoms with Gasteiger partial charge in [-0.25, -0.2) is 0 Å². The maximum atomic E-state index is 13.2. The van der Waals surface area contributed by atoms with Gasteiger partial charge >= 0.3 is 5.97 Å². The lowest BCUT2D eigenvalue weighted by atomic mass is 10.0. The van der Waals surface area contributed by atoms with E-state index in [-0.39, 0.29) is 24.9 Å². The van der Waals surface area contributed by atoms with E-state index in [1.807, 2.05) is 36.5 Å². The van der Waals surface area contributed by atoms with E-state index in [0.717, 1.165) is 83.5 Å². The highest BCUT2D eigenvalue weighted by atomic mass is 16.5. The summed E-state index contributed by atoms with van der Waals surface area (Å²) >= 11 is 0. The van der Waals surface area contributed by atoms with Gasteiger partial charge in [0.2, 0.25) is 5.91 Å².